The second-order valence-electron chi connectivity index (χ2n) is 9.15. The number of halogens is 1. The Morgan fingerprint density at radius 3 is 2.66 bits per heavy atom. The van der Waals surface area contributed by atoms with Crippen molar-refractivity contribution in [3.63, 3.8) is 0 Å². The minimum absolute atomic E-state index is 0.165. The Morgan fingerprint density at radius 2 is 1.89 bits per heavy atom. The number of aromatic nitrogens is 2. The lowest BCUT2D eigenvalue weighted by Crippen LogP contribution is -2.35. The predicted octanol–water partition coefficient (Wildman–Crippen LogP) is 4.22. The molecule has 1 aliphatic rings. The van der Waals surface area contributed by atoms with Crippen LogP contribution in [0.2, 0.25) is 0 Å². The Labute approximate surface area is 226 Å². The van der Waals surface area contributed by atoms with E-state index in [0.29, 0.717) is 52.0 Å². The second kappa shape index (κ2) is 12.5. The number of H-pyrrole nitrogens is 1. The average molecular weight is 535 g/mol. The van der Waals surface area contributed by atoms with E-state index in [1.54, 1.807) is 24.5 Å². The SMILES string of the molecule is Cc1[nH]c(/C=C2\C(=O)Nc3ccc(F)cc32)c(C)c1C(=O)NCCCCCNC(=S)NCc1cccnc1. The first-order chi connectivity index (χ1) is 18.3. The molecule has 8 nitrogen and oxygen atoms in total. The van der Waals surface area contributed by atoms with Gasteiger partial charge in [0.1, 0.15) is 5.82 Å². The number of pyridine rings is 1. The van der Waals surface area contributed by atoms with Crippen LogP contribution in [-0.2, 0) is 11.3 Å². The van der Waals surface area contributed by atoms with Crippen LogP contribution in [0.1, 0.15) is 57.7 Å². The highest BCUT2D eigenvalue weighted by Gasteiger charge is 2.26. The summed E-state index contributed by atoms with van der Waals surface area (Å²) >= 11 is 5.30. The van der Waals surface area contributed by atoms with Crippen LogP contribution in [0.5, 0.6) is 0 Å². The number of unbranched alkanes of at least 4 members (excludes halogenated alkanes) is 2. The number of carbonyl (C=O) groups excluding carboxylic acids is 2. The molecule has 0 bridgehead atoms. The molecule has 3 aromatic rings. The summed E-state index contributed by atoms with van der Waals surface area (Å²) < 4.78 is 13.8. The van der Waals surface area contributed by atoms with Gasteiger partial charge in [0.2, 0.25) is 0 Å². The molecule has 0 unspecified atom stereocenters. The highest BCUT2D eigenvalue weighted by molar-refractivity contribution is 7.80. The van der Waals surface area contributed by atoms with Gasteiger partial charge in [0.25, 0.3) is 11.8 Å². The number of thiocarbonyl (C=S) groups is 1. The number of aromatic amines is 1. The normalized spacial score (nSPS) is 13.2. The van der Waals surface area contributed by atoms with E-state index >= 15 is 0 Å². The molecule has 0 radical (unpaired) electrons. The number of amides is 2. The summed E-state index contributed by atoms with van der Waals surface area (Å²) in [5.74, 6) is -0.883. The van der Waals surface area contributed by atoms with Crippen LogP contribution < -0.4 is 21.3 Å². The number of anilines is 1. The topological polar surface area (TPSA) is 111 Å². The molecule has 0 aliphatic carbocycles. The fraction of sp³-hybridized carbons (Fsp3) is 0.286. The van der Waals surface area contributed by atoms with Crippen molar-refractivity contribution in [3.8, 4) is 0 Å². The minimum Gasteiger partial charge on any atom is -0.363 e. The molecule has 0 saturated carbocycles. The number of benzene rings is 1. The first kappa shape index (κ1) is 27.0. The van der Waals surface area contributed by atoms with Gasteiger partial charge in [-0.2, -0.15) is 0 Å². The van der Waals surface area contributed by atoms with Gasteiger partial charge in [0, 0.05) is 54.7 Å². The largest absolute Gasteiger partial charge is 0.363 e. The van der Waals surface area contributed by atoms with Crippen molar-refractivity contribution in [3.05, 3.63) is 82.2 Å². The molecule has 0 spiro atoms. The molecule has 198 valence electrons. The third kappa shape index (κ3) is 6.63. The summed E-state index contributed by atoms with van der Waals surface area (Å²) in [6, 6.07) is 8.06. The fourth-order valence-electron chi connectivity index (χ4n) is 4.37. The lowest BCUT2D eigenvalue weighted by Gasteiger charge is -2.10. The predicted molar refractivity (Wildman–Crippen MR) is 151 cm³/mol. The molecule has 10 heteroatoms. The molecule has 0 fully saturated rings. The zero-order valence-corrected chi connectivity index (χ0v) is 22.2. The van der Waals surface area contributed by atoms with E-state index in [9.17, 15) is 14.0 Å². The Morgan fingerprint density at radius 1 is 1.11 bits per heavy atom. The van der Waals surface area contributed by atoms with Gasteiger partial charge in [-0.25, -0.2) is 4.39 Å². The molecule has 0 atom stereocenters. The maximum absolute atomic E-state index is 13.8. The number of hydrogen-bond donors (Lipinski definition) is 5. The minimum atomic E-state index is -0.415. The van der Waals surface area contributed by atoms with Crippen molar-refractivity contribution in [2.75, 3.05) is 18.4 Å². The quantitative estimate of drug-likeness (QED) is 0.151. The summed E-state index contributed by atoms with van der Waals surface area (Å²) in [7, 11) is 0. The third-order valence-electron chi connectivity index (χ3n) is 6.36. The van der Waals surface area contributed by atoms with Gasteiger partial charge in [-0.1, -0.05) is 6.07 Å². The molecular weight excluding hydrogens is 503 g/mol. The number of hydrogen-bond acceptors (Lipinski definition) is 4. The highest BCUT2D eigenvalue weighted by atomic mass is 32.1. The summed E-state index contributed by atoms with van der Waals surface area (Å²) in [5, 5.41) is 12.7. The molecule has 1 aliphatic heterocycles. The van der Waals surface area contributed by atoms with Crippen molar-refractivity contribution in [1.29, 1.82) is 0 Å². The number of nitrogens with one attached hydrogen (secondary N) is 5. The van der Waals surface area contributed by atoms with Gasteiger partial charge in [-0.3, -0.25) is 14.6 Å². The molecule has 3 heterocycles. The smallest absolute Gasteiger partial charge is 0.256 e. The summed E-state index contributed by atoms with van der Waals surface area (Å²) in [4.78, 5) is 32.6. The van der Waals surface area contributed by atoms with E-state index in [2.05, 4.69) is 31.2 Å². The highest BCUT2D eigenvalue weighted by Crippen LogP contribution is 2.34. The van der Waals surface area contributed by atoms with Gasteiger partial charge >= 0.3 is 0 Å². The van der Waals surface area contributed by atoms with Gasteiger partial charge in [0.05, 0.1) is 11.1 Å². The first-order valence-electron chi connectivity index (χ1n) is 12.5. The number of carbonyl (C=O) groups is 2. The third-order valence-corrected chi connectivity index (χ3v) is 6.65. The van der Waals surface area contributed by atoms with Crippen molar-refractivity contribution in [1.82, 2.24) is 25.9 Å². The summed E-state index contributed by atoms with van der Waals surface area (Å²) in [6.07, 6.45) is 7.91. The fourth-order valence-corrected chi connectivity index (χ4v) is 4.55. The molecule has 38 heavy (non-hydrogen) atoms. The van der Waals surface area contributed by atoms with Crippen LogP contribution >= 0.6 is 12.2 Å². The summed E-state index contributed by atoms with van der Waals surface area (Å²) in [5.41, 5.74) is 5.15. The van der Waals surface area contributed by atoms with Crippen molar-refractivity contribution >= 4 is 46.5 Å². The molecule has 2 aromatic heterocycles. The van der Waals surface area contributed by atoms with Crippen LogP contribution in [0.3, 0.4) is 0 Å². The number of fused-ring (bicyclic) bond motifs is 1. The first-order valence-corrected chi connectivity index (χ1v) is 12.9. The Hall–Kier alpha value is -4.05. The maximum atomic E-state index is 13.8. The lowest BCUT2D eigenvalue weighted by molar-refractivity contribution is -0.110. The Balaban J connectivity index is 1.22. The van der Waals surface area contributed by atoms with Gasteiger partial charge < -0.3 is 26.3 Å². The van der Waals surface area contributed by atoms with Crippen LogP contribution in [0.15, 0.2) is 42.7 Å². The van der Waals surface area contributed by atoms with E-state index < -0.39 is 5.82 Å². The zero-order valence-electron chi connectivity index (χ0n) is 21.4. The second-order valence-corrected chi connectivity index (χ2v) is 9.56. The van der Waals surface area contributed by atoms with Crippen molar-refractivity contribution < 1.29 is 14.0 Å². The monoisotopic (exact) mass is 534 g/mol. The average Bonchev–Trinajstić information content (AvgIpc) is 3.36. The molecule has 0 saturated heterocycles. The van der Waals surface area contributed by atoms with Crippen LogP contribution in [0.4, 0.5) is 10.1 Å². The van der Waals surface area contributed by atoms with E-state index in [1.165, 1.54) is 12.1 Å². The maximum Gasteiger partial charge on any atom is 0.256 e. The van der Waals surface area contributed by atoms with Crippen molar-refractivity contribution in [2.24, 2.45) is 0 Å². The Bertz CT molecular complexity index is 1370. The zero-order chi connectivity index (χ0) is 27.1. The van der Waals surface area contributed by atoms with Crippen LogP contribution in [0, 0.1) is 19.7 Å². The van der Waals surface area contributed by atoms with E-state index in [4.69, 9.17) is 12.2 Å². The Kier molecular flexibility index (Phi) is 8.85. The number of rotatable bonds is 10. The van der Waals surface area contributed by atoms with Gasteiger partial charge in [-0.05, 0) is 86.8 Å². The summed E-state index contributed by atoms with van der Waals surface area (Å²) in [6.45, 7) is 5.59. The van der Waals surface area contributed by atoms with E-state index in [1.807, 2.05) is 26.0 Å². The van der Waals surface area contributed by atoms with Gasteiger partial charge in [0.15, 0.2) is 5.11 Å². The lowest BCUT2D eigenvalue weighted by atomic mass is 10.0. The molecule has 2 amide bonds. The number of nitrogens with zero attached hydrogens (tertiary/aromatic N) is 1. The van der Waals surface area contributed by atoms with Crippen molar-refractivity contribution in [2.45, 2.75) is 39.7 Å². The number of aryl methyl sites for hydroxylation is 1. The van der Waals surface area contributed by atoms with E-state index in [-0.39, 0.29) is 11.8 Å². The van der Waals surface area contributed by atoms with Crippen LogP contribution in [-0.4, -0.2) is 40.0 Å². The molecule has 1 aromatic carbocycles. The van der Waals surface area contributed by atoms with Crippen LogP contribution in [0.25, 0.3) is 11.6 Å². The molecule has 5 N–H and O–H groups in total. The molecule has 4 rings (SSSR count). The standard InChI is InChI=1S/C28H31FN6O2S/c1-17-24(14-22-21-13-20(29)8-9-23(21)35-26(22)36)34-18(2)25(17)27(37)31-11-4-3-5-12-32-28(38)33-16-19-7-6-10-30-15-19/h6-10,13-15,34H,3-5,11-12,16H2,1-2H3,(H,31,37)(H,35,36)(H2,32,33,38)/b22-14-. The molecular formula is C28H31FN6O2S. The van der Waals surface area contributed by atoms with Gasteiger partial charge in [-0.15, -0.1) is 0 Å². The van der Waals surface area contributed by atoms with E-state index in [0.717, 1.165) is 36.9 Å².